The summed E-state index contributed by atoms with van der Waals surface area (Å²) in [7, 11) is 0. The Morgan fingerprint density at radius 2 is 1.65 bits per heavy atom. The SMILES string of the molecule is N#Cc1c([As])nc(-c2cn[nH]c2)c(C#N)c1-c1ccc(C(F)(F)F)cc1. The van der Waals surface area contributed by atoms with Crippen molar-refractivity contribution < 1.29 is 13.2 Å². The van der Waals surface area contributed by atoms with E-state index >= 15 is 0 Å². The third-order valence-electron chi connectivity index (χ3n) is 3.67. The number of alkyl halides is 3. The van der Waals surface area contributed by atoms with Gasteiger partial charge < -0.3 is 0 Å². The summed E-state index contributed by atoms with van der Waals surface area (Å²) in [6, 6.07) is 8.31. The van der Waals surface area contributed by atoms with Gasteiger partial charge in [-0.1, -0.05) is 0 Å². The molecule has 0 saturated carbocycles. The van der Waals surface area contributed by atoms with E-state index in [0.717, 1.165) is 12.1 Å². The number of pyridine rings is 1. The molecule has 2 radical (unpaired) electrons. The Balaban J connectivity index is 2.30. The van der Waals surface area contributed by atoms with E-state index in [0.29, 0.717) is 21.3 Å². The summed E-state index contributed by atoms with van der Waals surface area (Å²) in [6.07, 6.45) is -1.46. The number of benzene rings is 1. The van der Waals surface area contributed by atoms with Crippen LogP contribution in [0.2, 0.25) is 0 Å². The number of aromatic amines is 1. The van der Waals surface area contributed by atoms with Gasteiger partial charge in [0.15, 0.2) is 0 Å². The van der Waals surface area contributed by atoms with Crippen LogP contribution in [-0.4, -0.2) is 32.0 Å². The first-order valence-electron chi connectivity index (χ1n) is 7.10. The zero-order chi connectivity index (χ0) is 18.9. The molecule has 1 aromatic carbocycles. The molecule has 26 heavy (non-hydrogen) atoms. The summed E-state index contributed by atoms with van der Waals surface area (Å²) in [5.41, 5.74) is 0.800. The zero-order valence-corrected chi connectivity index (χ0v) is 14.7. The van der Waals surface area contributed by atoms with E-state index in [9.17, 15) is 23.7 Å². The van der Waals surface area contributed by atoms with Crippen molar-refractivity contribution in [3.63, 3.8) is 0 Å². The number of nitrogens with zero attached hydrogens (tertiary/aromatic N) is 4. The number of hydrogen-bond donors (Lipinski definition) is 1. The molecule has 126 valence electrons. The molecule has 2 heterocycles. The van der Waals surface area contributed by atoms with E-state index in [2.05, 4.69) is 32.0 Å². The summed E-state index contributed by atoms with van der Waals surface area (Å²) in [6.45, 7) is 0. The quantitative estimate of drug-likeness (QED) is 0.655. The number of aromatic nitrogens is 3. The summed E-state index contributed by atoms with van der Waals surface area (Å²) < 4.78 is 38.7. The Morgan fingerprint density at radius 1 is 1.00 bits per heavy atom. The Morgan fingerprint density at radius 3 is 2.15 bits per heavy atom. The molecule has 5 nitrogen and oxygen atoms in total. The predicted octanol–water partition coefficient (Wildman–Crippen LogP) is 2.69. The molecule has 9 heteroatoms. The first kappa shape index (κ1) is 17.7. The fourth-order valence-corrected chi connectivity index (χ4v) is 3.04. The van der Waals surface area contributed by atoms with Gasteiger partial charge in [-0.15, -0.1) is 0 Å². The number of nitrogens with one attached hydrogen (secondary N) is 1. The maximum absolute atomic E-state index is 12.8. The second-order valence-corrected chi connectivity index (χ2v) is 6.08. The van der Waals surface area contributed by atoms with Crippen LogP contribution in [-0.2, 0) is 6.18 Å². The third kappa shape index (κ3) is 3.08. The molecule has 0 unspecified atom stereocenters. The number of rotatable bonds is 2. The molecule has 0 saturated heterocycles. The average Bonchev–Trinajstić information content (AvgIpc) is 3.14. The molecule has 0 amide bonds. The molecule has 0 aliphatic rings. The van der Waals surface area contributed by atoms with Crippen molar-refractivity contribution in [2.75, 3.05) is 0 Å². The van der Waals surface area contributed by atoms with E-state index in [1.54, 1.807) is 0 Å². The molecule has 0 bridgehead atoms. The van der Waals surface area contributed by atoms with Crippen LogP contribution < -0.4 is 4.48 Å². The summed E-state index contributed by atoms with van der Waals surface area (Å²) in [4.78, 5) is 4.29. The number of halogens is 3. The van der Waals surface area contributed by atoms with Crippen LogP contribution in [0.5, 0.6) is 0 Å². The number of H-pyrrole nitrogens is 1. The van der Waals surface area contributed by atoms with Crippen LogP contribution in [0, 0.1) is 22.7 Å². The van der Waals surface area contributed by atoms with Gasteiger partial charge in [-0.3, -0.25) is 0 Å². The van der Waals surface area contributed by atoms with Gasteiger partial charge in [0.05, 0.1) is 0 Å². The van der Waals surface area contributed by atoms with Gasteiger partial charge in [0.1, 0.15) is 0 Å². The normalized spacial score (nSPS) is 11.0. The van der Waals surface area contributed by atoms with E-state index in [-0.39, 0.29) is 16.7 Å². The molecule has 0 atom stereocenters. The zero-order valence-electron chi connectivity index (χ0n) is 12.8. The van der Waals surface area contributed by atoms with Gasteiger partial charge in [0, 0.05) is 0 Å². The molecule has 0 spiro atoms. The number of hydrogen-bond acceptors (Lipinski definition) is 4. The molecular formula is C17H7AsF3N5. The fourth-order valence-electron chi connectivity index (χ4n) is 2.49. The van der Waals surface area contributed by atoms with Gasteiger partial charge in [-0.05, 0) is 0 Å². The third-order valence-corrected chi connectivity index (χ3v) is 4.35. The molecule has 3 rings (SSSR count). The average molecular weight is 413 g/mol. The predicted molar refractivity (Wildman–Crippen MR) is 87.1 cm³/mol. The molecule has 2 aromatic heterocycles. The molecule has 3 aromatic rings. The van der Waals surface area contributed by atoms with Crippen LogP contribution in [0.4, 0.5) is 13.2 Å². The fraction of sp³-hybridized carbons (Fsp3) is 0.0588. The summed E-state index contributed by atoms with van der Waals surface area (Å²) in [5, 5.41) is 25.6. The molecular weight excluding hydrogens is 406 g/mol. The van der Waals surface area contributed by atoms with E-state index in [4.69, 9.17) is 0 Å². The van der Waals surface area contributed by atoms with Gasteiger partial charge in [0.2, 0.25) is 0 Å². The maximum atomic E-state index is 12.8. The number of nitriles is 2. The van der Waals surface area contributed by atoms with Crippen molar-refractivity contribution >= 4 is 21.3 Å². The second kappa shape index (κ2) is 6.66. The van der Waals surface area contributed by atoms with Gasteiger partial charge in [-0.2, -0.15) is 0 Å². The van der Waals surface area contributed by atoms with Crippen molar-refractivity contribution in [1.82, 2.24) is 15.2 Å². The van der Waals surface area contributed by atoms with Gasteiger partial charge >= 0.3 is 154 Å². The van der Waals surface area contributed by atoms with Crippen LogP contribution in [0.25, 0.3) is 22.4 Å². The van der Waals surface area contributed by atoms with Crippen LogP contribution in [0.1, 0.15) is 16.7 Å². The minimum atomic E-state index is -4.47. The Bertz CT molecular complexity index is 1040. The Kier molecular flexibility index (Phi) is 4.54. The van der Waals surface area contributed by atoms with Crippen molar-refractivity contribution in [3.05, 3.63) is 53.3 Å². The van der Waals surface area contributed by atoms with Crippen LogP contribution in [0.3, 0.4) is 0 Å². The first-order valence-corrected chi connectivity index (χ1v) is 8.04. The van der Waals surface area contributed by atoms with Crippen molar-refractivity contribution in [3.8, 4) is 34.5 Å². The minimum absolute atomic E-state index is 0.0949. The summed E-state index contributed by atoms with van der Waals surface area (Å²) in [5.74, 6) is 0. The molecule has 1 N–H and O–H groups in total. The summed E-state index contributed by atoms with van der Waals surface area (Å²) >= 11 is 2.14. The topological polar surface area (TPSA) is 89.2 Å². The molecule has 0 aliphatic carbocycles. The van der Waals surface area contributed by atoms with E-state index in [1.165, 1.54) is 24.5 Å². The van der Waals surface area contributed by atoms with Crippen LogP contribution >= 0.6 is 0 Å². The standard InChI is InChI=1S/C17H7AsF3N5/c18-16-13(6-23)14(9-1-3-11(4-2-9)17(19,20)21)12(5-22)15(26-16)10-7-24-25-8-10/h1-4,7-8H,(H,24,25). The van der Waals surface area contributed by atoms with Gasteiger partial charge in [-0.25, -0.2) is 0 Å². The van der Waals surface area contributed by atoms with Crippen molar-refractivity contribution in [2.24, 2.45) is 0 Å². The molecule has 0 fully saturated rings. The molecule has 0 aliphatic heterocycles. The first-order chi connectivity index (χ1) is 12.4. The van der Waals surface area contributed by atoms with Gasteiger partial charge in [0.25, 0.3) is 0 Å². The second-order valence-electron chi connectivity index (χ2n) is 5.19. The van der Waals surface area contributed by atoms with Crippen molar-refractivity contribution in [2.45, 2.75) is 6.18 Å². The Labute approximate surface area is 154 Å². The van der Waals surface area contributed by atoms with Crippen molar-refractivity contribution in [1.29, 1.82) is 10.5 Å². The van der Waals surface area contributed by atoms with Crippen LogP contribution in [0.15, 0.2) is 36.7 Å². The van der Waals surface area contributed by atoms with E-state index < -0.39 is 11.7 Å². The Hall–Kier alpha value is -3.09. The van der Waals surface area contributed by atoms with E-state index in [1.807, 2.05) is 12.1 Å². The monoisotopic (exact) mass is 413 g/mol.